The van der Waals surface area contributed by atoms with E-state index in [0.29, 0.717) is 4.68 Å². The van der Waals surface area contributed by atoms with Crippen molar-refractivity contribution in [2.45, 2.75) is 12.2 Å². The zero-order valence-electron chi connectivity index (χ0n) is 14.4. The number of rotatable bonds is 4. The number of nitrogens with one attached hydrogen (secondary N) is 1. The molecule has 0 radical (unpaired) electrons. The van der Waals surface area contributed by atoms with Crippen LogP contribution in [0.5, 0.6) is 0 Å². The molecule has 0 aliphatic carbocycles. The molecule has 0 fully saturated rings. The number of halogens is 5. The molecule has 148 valence electrons. The van der Waals surface area contributed by atoms with Crippen molar-refractivity contribution >= 4 is 17.5 Å². The molecule has 2 aromatic carbocycles. The monoisotopic (exact) mass is 422 g/mol. The first-order chi connectivity index (χ1) is 13.7. The van der Waals surface area contributed by atoms with Crippen molar-refractivity contribution in [2.24, 2.45) is 0 Å². The first kappa shape index (κ1) is 20.4. The molecule has 0 aliphatic heterocycles. The SMILES string of the molecule is N#CC(NC(=O)c1cccc(-n2nccc2C(F)(F)F)c1)c1c(F)cccc1Cl. The van der Waals surface area contributed by atoms with Gasteiger partial charge in [-0.1, -0.05) is 23.7 Å². The van der Waals surface area contributed by atoms with Gasteiger partial charge in [-0.15, -0.1) is 0 Å². The summed E-state index contributed by atoms with van der Waals surface area (Å²) in [5, 5.41) is 15.2. The predicted octanol–water partition coefficient (Wildman–Crippen LogP) is 4.68. The Labute approximate surface area is 167 Å². The Bertz CT molecular complexity index is 1080. The lowest BCUT2D eigenvalue weighted by Crippen LogP contribution is -2.28. The van der Waals surface area contributed by atoms with Crippen molar-refractivity contribution in [2.75, 3.05) is 0 Å². The molecule has 5 nitrogen and oxygen atoms in total. The molecule has 0 aliphatic rings. The number of aromatic nitrogens is 2. The fourth-order valence-electron chi connectivity index (χ4n) is 2.67. The van der Waals surface area contributed by atoms with Crippen molar-refractivity contribution in [3.8, 4) is 11.8 Å². The lowest BCUT2D eigenvalue weighted by Gasteiger charge is -2.15. The van der Waals surface area contributed by atoms with Gasteiger partial charge in [0.15, 0.2) is 0 Å². The molecule has 3 aromatic rings. The molecule has 10 heteroatoms. The van der Waals surface area contributed by atoms with Crippen molar-refractivity contribution in [1.29, 1.82) is 5.26 Å². The first-order valence-electron chi connectivity index (χ1n) is 8.08. The van der Waals surface area contributed by atoms with Crippen LogP contribution >= 0.6 is 11.6 Å². The van der Waals surface area contributed by atoms with Crippen molar-refractivity contribution in [3.63, 3.8) is 0 Å². The van der Waals surface area contributed by atoms with E-state index in [9.17, 15) is 27.6 Å². The minimum atomic E-state index is -4.64. The van der Waals surface area contributed by atoms with Gasteiger partial charge in [0.05, 0.1) is 18.0 Å². The predicted molar refractivity (Wildman–Crippen MR) is 95.8 cm³/mol. The third-order valence-electron chi connectivity index (χ3n) is 3.98. The topological polar surface area (TPSA) is 70.7 Å². The average Bonchev–Trinajstić information content (AvgIpc) is 3.17. The van der Waals surface area contributed by atoms with Gasteiger partial charge in [-0.3, -0.25) is 4.79 Å². The minimum Gasteiger partial charge on any atom is -0.332 e. The molecule has 0 saturated carbocycles. The Hall–Kier alpha value is -3.38. The van der Waals surface area contributed by atoms with Crippen LogP contribution < -0.4 is 5.32 Å². The number of benzene rings is 2. The standard InChI is InChI=1S/C19H11ClF4N4O/c20-13-5-2-6-14(21)17(13)15(10-25)27-18(29)11-3-1-4-12(9-11)28-16(7-8-26-28)19(22,23)24/h1-9,15H,(H,27,29). The molecule has 1 aromatic heterocycles. The van der Waals surface area contributed by atoms with Gasteiger partial charge in [0.1, 0.15) is 17.6 Å². The Kier molecular flexibility index (Phi) is 5.57. The van der Waals surface area contributed by atoms with Crippen LogP contribution in [0.2, 0.25) is 5.02 Å². The van der Waals surface area contributed by atoms with Crippen molar-refractivity contribution in [1.82, 2.24) is 15.1 Å². The highest BCUT2D eigenvalue weighted by atomic mass is 35.5. The molecule has 1 amide bonds. The van der Waals surface area contributed by atoms with Crippen molar-refractivity contribution in [3.05, 3.63) is 82.4 Å². The summed E-state index contributed by atoms with van der Waals surface area (Å²) < 4.78 is 53.9. The average molecular weight is 423 g/mol. The molecule has 1 unspecified atom stereocenters. The third-order valence-corrected chi connectivity index (χ3v) is 4.31. The highest BCUT2D eigenvalue weighted by Gasteiger charge is 2.35. The third kappa shape index (κ3) is 4.22. The van der Waals surface area contributed by atoms with Gasteiger partial charge < -0.3 is 5.32 Å². The Morgan fingerprint density at radius 2 is 1.93 bits per heavy atom. The number of nitriles is 1. The molecule has 0 spiro atoms. The molecule has 1 heterocycles. The number of alkyl halides is 3. The Morgan fingerprint density at radius 3 is 2.59 bits per heavy atom. The van der Waals surface area contributed by atoms with Crippen LogP contribution in [-0.2, 0) is 6.18 Å². The van der Waals surface area contributed by atoms with Gasteiger partial charge in [-0.25, -0.2) is 9.07 Å². The second kappa shape index (κ2) is 7.93. The molecular formula is C19H11ClF4N4O. The highest BCUT2D eigenvalue weighted by molar-refractivity contribution is 6.31. The second-order valence-corrected chi connectivity index (χ2v) is 6.25. The maximum Gasteiger partial charge on any atom is 0.433 e. The maximum atomic E-state index is 14.0. The summed E-state index contributed by atoms with van der Waals surface area (Å²) in [4.78, 5) is 12.5. The van der Waals surface area contributed by atoms with Crippen LogP contribution in [0.3, 0.4) is 0 Å². The summed E-state index contributed by atoms with van der Waals surface area (Å²) in [7, 11) is 0. The normalized spacial score (nSPS) is 12.3. The summed E-state index contributed by atoms with van der Waals surface area (Å²) >= 11 is 5.92. The zero-order valence-corrected chi connectivity index (χ0v) is 15.2. The summed E-state index contributed by atoms with van der Waals surface area (Å²) in [6, 6.07) is 10.2. The summed E-state index contributed by atoms with van der Waals surface area (Å²) in [5.41, 5.74) is -1.26. The fourth-order valence-corrected chi connectivity index (χ4v) is 2.94. The number of carbonyl (C=O) groups is 1. The molecule has 0 bridgehead atoms. The molecule has 1 atom stereocenters. The molecular weight excluding hydrogens is 412 g/mol. The summed E-state index contributed by atoms with van der Waals surface area (Å²) in [5.74, 6) is -1.57. The van der Waals surface area contributed by atoms with Crippen molar-refractivity contribution < 1.29 is 22.4 Å². The molecule has 3 rings (SSSR count). The van der Waals surface area contributed by atoms with Crippen LogP contribution in [-0.4, -0.2) is 15.7 Å². The van der Waals surface area contributed by atoms with Crippen LogP contribution in [0.1, 0.15) is 27.7 Å². The zero-order chi connectivity index (χ0) is 21.2. The van der Waals surface area contributed by atoms with Gasteiger partial charge >= 0.3 is 6.18 Å². The Balaban J connectivity index is 1.91. The smallest absolute Gasteiger partial charge is 0.332 e. The fraction of sp³-hybridized carbons (Fsp3) is 0.105. The number of amides is 1. The number of hydrogen-bond donors (Lipinski definition) is 1. The van der Waals surface area contributed by atoms with E-state index in [1.54, 1.807) is 6.07 Å². The first-order valence-corrected chi connectivity index (χ1v) is 8.46. The lowest BCUT2D eigenvalue weighted by atomic mass is 10.1. The van der Waals surface area contributed by atoms with E-state index in [2.05, 4.69) is 10.4 Å². The van der Waals surface area contributed by atoms with Gasteiger partial charge in [-0.2, -0.15) is 23.5 Å². The second-order valence-electron chi connectivity index (χ2n) is 5.85. The van der Waals surface area contributed by atoms with Gasteiger partial charge in [0.2, 0.25) is 0 Å². The van der Waals surface area contributed by atoms with E-state index >= 15 is 0 Å². The van der Waals surface area contributed by atoms with Crippen LogP contribution in [0.4, 0.5) is 17.6 Å². The van der Waals surface area contributed by atoms with Crippen LogP contribution in [0.15, 0.2) is 54.7 Å². The maximum absolute atomic E-state index is 14.0. The summed E-state index contributed by atoms with van der Waals surface area (Å²) in [6.07, 6.45) is -3.65. The molecule has 1 N–H and O–H groups in total. The Morgan fingerprint density at radius 1 is 1.21 bits per heavy atom. The molecule has 0 saturated heterocycles. The quantitative estimate of drug-likeness (QED) is 0.621. The van der Waals surface area contributed by atoms with Crippen LogP contribution in [0.25, 0.3) is 5.69 Å². The largest absolute Gasteiger partial charge is 0.433 e. The highest BCUT2D eigenvalue weighted by Crippen LogP contribution is 2.31. The lowest BCUT2D eigenvalue weighted by molar-refractivity contribution is -0.142. The minimum absolute atomic E-state index is 0.00703. The number of hydrogen-bond acceptors (Lipinski definition) is 3. The van der Waals surface area contributed by atoms with Gasteiger partial charge in [0.25, 0.3) is 5.91 Å². The van der Waals surface area contributed by atoms with Crippen LogP contribution in [0, 0.1) is 17.1 Å². The van der Waals surface area contributed by atoms with Gasteiger partial charge in [-0.05, 0) is 36.4 Å². The summed E-state index contributed by atoms with van der Waals surface area (Å²) in [6.45, 7) is 0. The number of nitrogens with zero attached hydrogens (tertiary/aromatic N) is 3. The molecule has 29 heavy (non-hydrogen) atoms. The van der Waals surface area contributed by atoms with E-state index in [1.165, 1.54) is 36.4 Å². The van der Waals surface area contributed by atoms with E-state index in [1.807, 2.05) is 0 Å². The van der Waals surface area contributed by atoms with Gasteiger partial charge in [0, 0.05) is 16.1 Å². The van der Waals surface area contributed by atoms with E-state index in [0.717, 1.165) is 18.3 Å². The van der Waals surface area contributed by atoms with E-state index < -0.39 is 29.6 Å². The van der Waals surface area contributed by atoms with E-state index in [4.69, 9.17) is 11.6 Å². The van der Waals surface area contributed by atoms with E-state index in [-0.39, 0.29) is 21.8 Å². The number of carbonyl (C=O) groups excluding carboxylic acids is 1.